The fourth-order valence-corrected chi connectivity index (χ4v) is 6.28. The van der Waals surface area contributed by atoms with Gasteiger partial charge < -0.3 is 19.7 Å². The summed E-state index contributed by atoms with van der Waals surface area (Å²) in [5, 5.41) is 11.4. The molecule has 196 valence electrons. The predicted octanol–water partition coefficient (Wildman–Crippen LogP) is 5.34. The maximum absolute atomic E-state index is 14.1. The van der Waals surface area contributed by atoms with Crippen molar-refractivity contribution in [2.75, 3.05) is 45.3 Å². The Hall–Kier alpha value is -2.39. The Morgan fingerprint density at radius 2 is 1.72 bits per heavy atom. The summed E-state index contributed by atoms with van der Waals surface area (Å²) in [7, 11) is 1.57. The smallest absolute Gasteiger partial charge is 0.420 e. The molecule has 2 unspecified atom stereocenters. The summed E-state index contributed by atoms with van der Waals surface area (Å²) < 4.78 is 53.0. The first-order valence-electron chi connectivity index (χ1n) is 12.9. The lowest BCUT2D eigenvalue weighted by molar-refractivity contribution is -0.137. The van der Waals surface area contributed by atoms with E-state index in [1.165, 1.54) is 0 Å². The van der Waals surface area contributed by atoms with Crippen LogP contribution in [0.15, 0.2) is 18.2 Å². The van der Waals surface area contributed by atoms with E-state index in [2.05, 4.69) is 20.4 Å². The summed E-state index contributed by atoms with van der Waals surface area (Å²) in [6, 6.07) is 4.72. The number of hydrogen-bond donors (Lipinski definition) is 1. The van der Waals surface area contributed by atoms with Gasteiger partial charge in [-0.15, -0.1) is 10.2 Å². The third kappa shape index (κ3) is 5.32. The molecule has 1 aliphatic carbocycles. The Labute approximate surface area is 210 Å². The molecule has 2 aromatic rings. The Kier molecular flexibility index (Phi) is 7.14. The van der Waals surface area contributed by atoms with E-state index >= 15 is 0 Å². The van der Waals surface area contributed by atoms with Crippen molar-refractivity contribution in [2.24, 2.45) is 17.8 Å². The van der Waals surface area contributed by atoms with Gasteiger partial charge in [-0.05, 0) is 86.6 Å². The van der Waals surface area contributed by atoms with Crippen LogP contribution in [0.5, 0.6) is 5.75 Å². The number of fused-ring (bicyclic) bond motifs is 1. The minimum absolute atomic E-state index is 0.0172. The van der Waals surface area contributed by atoms with Crippen molar-refractivity contribution in [1.82, 2.24) is 15.1 Å². The van der Waals surface area contributed by atoms with Crippen molar-refractivity contribution >= 4 is 5.82 Å². The first kappa shape index (κ1) is 25.3. The average molecular weight is 505 g/mol. The summed E-state index contributed by atoms with van der Waals surface area (Å²) in [6.07, 6.45) is -0.544. The summed E-state index contributed by atoms with van der Waals surface area (Å²) in [5.74, 6) is 2.27. The number of methoxy groups -OCH3 is 1. The van der Waals surface area contributed by atoms with Crippen LogP contribution >= 0.6 is 0 Å². The molecular weight excluding hydrogens is 469 g/mol. The zero-order valence-electron chi connectivity index (χ0n) is 21.2. The SMILES string of the molecule is COc1cc(C)c(-c2cc(C(F)(F)F)c(NC3CC4CN(CC5CCOCC5)C[C@H]4C3)nn2)cc1C. The van der Waals surface area contributed by atoms with Gasteiger partial charge in [0.2, 0.25) is 0 Å². The van der Waals surface area contributed by atoms with Crippen molar-refractivity contribution in [2.45, 2.75) is 51.7 Å². The van der Waals surface area contributed by atoms with Crippen molar-refractivity contribution in [3.8, 4) is 17.0 Å². The van der Waals surface area contributed by atoms with E-state index in [4.69, 9.17) is 9.47 Å². The van der Waals surface area contributed by atoms with Crippen LogP contribution in [0.1, 0.15) is 42.4 Å². The number of likely N-dealkylation sites (tertiary alicyclic amines) is 1. The number of ether oxygens (including phenoxy) is 2. The predicted molar refractivity (Wildman–Crippen MR) is 132 cm³/mol. The average Bonchev–Trinajstić information content (AvgIpc) is 3.38. The zero-order chi connectivity index (χ0) is 25.4. The van der Waals surface area contributed by atoms with Crippen molar-refractivity contribution in [1.29, 1.82) is 0 Å². The molecule has 1 aromatic carbocycles. The Bertz CT molecular complexity index is 1070. The van der Waals surface area contributed by atoms with Crippen molar-refractivity contribution in [3.05, 3.63) is 34.9 Å². The molecule has 3 aliphatic rings. The number of benzene rings is 1. The van der Waals surface area contributed by atoms with E-state index in [1.54, 1.807) is 13.2 Å². The van der Waals surface area contributed by atoms with E-state index in [0.29, 0.717) is 29.1 Å². The largest absolute Gasteiger partial charge is 0.496 e. The minimum atomic E-state index is -4.53. The van der Waals surface area contributed by atoms with Gasteiger partial charge in [0.05, 0.1) is 12.8 Å². The van der Waals surface area contributed by atoms with Gasteiger partial charge in [-0.25, -0.2) is 0 Å². The molecule has 0 amide bonds. The molecule has 9 heteroatoms. The maximum atomic E-state index is 14.1. The van der Waals surface area contributed by atoms with Gasteiger partial charge in [0, 0.05) is 44.5 Å². The standard InChI is InChI=1S/C27H35F3N4O2/c1-16-9-25(35-3)17(2)8-22(16)24-12-23(27(28,29)30)26(33-32-24)31-21-10-19-14-34(15-20(19)11-21)13-18-4-6-36-7-5-18/h8-9,12,18-21H,4-7,10-11,13-15H2,1-3H3,(H,31,33)/t19-,20?,21?/m1/s1. The summed E-state index contributed by atoms with van der Waals surface area (Å²) in [6.45, 7) is 8.59. The second kappa shape index (κ2) is 10.2. The van der Waals surface area contributed by atoms with Crippen molar-refractivity contribution in [3.63, 3.8) is 0 Å². The van der Waals surface area contributed by atoms with Gasteiger partial charge >= 0.3 is 6.18 Å². The van der Waals surface area contributed by atoms with E-state index in [-0.39, 0.29) is 17.6 Å². The topological polar surface area (TPSA) is 59.5 Å². The van der Waals surface area contributed by atoms with Crippen LogP contribution in [0.25, 0.3) is 11.3 Å². The van der Waals surface area contributed by atoms with Crippen LogP contribution < -0.4 is 10.1 Å². The van der Waals surface area contributed by atoms with Crippen LogP contribution in [-0.2, 0) is 10.9 Å². The highest BCUT2D eigenvalue weighted by Crippen LogP contribution is 2.42. The van der Waals surface area contributed by atoms with Crippen LogP contribution in [0.2, 0.25) is 0 Å². The molecule has 1 N–H and O–H groups in total. The van der Waals surface area contributed by atoms with E-state index in [9.17, 15) is 13.2 Å². The first-order valence-corrected chi connectivity index (χ1v) is 12.9. The molecule has 3 fully saturated rings. The number of aryl methyl sites for hydroxylation is 2. The normalized spacial score (nSPS) is 25.2. The summed E-state index contributed by atoms with van der Waals surface area (Å²) in [5.41, 5.74) is 1.69. The molecule has 2 aliphatic heterocycles. The second-order valence-corrected chi connectivity index (χ2v) is 10.7. The Morgan fingerprint density at radius 3 is 2.36 bits per heavy atom. The number of nitrogens with one attached hydrogen (secondary N) is 1. The highest BCUT2D eigenvalue weighted by atomic mass is 19.4. The molecule has 5 rings (SSSR count). The van der Waals surface area contributed by atoms with E-state index in [0.717, 1.165) is 75.7 Å². The molecule has 2 saturated heterocycles. The minimum Gasteiger partial charge on any atom is -0.496 e. The molecule has 0 radical (unpaired) electrons. The zero-order valence-corrected chi connectivity index (χ0v) is 21.2. The van der Waals surface area contributed by atoms with Crippen LogP contribution in [0.3, 0.4) is 0 Å². The number of alkyl halides is 3. The Balaban J connectivity index is 1.28. The maximum Gasteiger partial charge on any atom is 0.420 e. The number of hydrogen-bond acceptors (Lipinski definition) is 6. The van der Waals surface area contributed by atoms with Crippen LogP contribution in [0, 0.1) is 31.6 Å². The number of nitrogens with zero attached hydrogens (tertiary/aromatic N) is 3. The molecule has 6 nitrogen and oxygen atoms in total. The lowest BCUT2D eigenvalue weighted by atomic mass is 10.00. The van der Waals surface area contributed by atoms with Gasteiger partial charge in [-0.1, -0.05) is 0 Å². The van der Waals surface area contributed by atoms with Gasteiger partial charge in [-0.2, -0.15) is 13.2 Å². The number of halogens is 3. The summed E-state index contributed by atoms with van der Waals surface area (Å²) >= 11 is 0. The van der Waals surface area contributed by atoms with Crippen molar-refractivity contribution < 1.29 is 22.6 Å². The molecule has 1 saturated carbocycles. The molecule has 1 aromatic heterocycles. The number of anilines is 1. The van der Waals surface area contributed by atoms with Crippen LogP contribution in [0.4, 0.5) is 19.0 Å². The highest BCUT2D eigenvalue weighted by Gasteiger charge is 2.43. The lowest BCUT2D eigenvalue weighted by Crippen LogP contribution is -2.32. The molecule has 3 atom stereocenters. The first-order chi connectivity index (χ1) is 17.2. The molecule has 3 heterocycles. The lowest BCUT2D eigenvalue weighted by Gasteiger charge is -2.28. The number of aromatic nitrogens is 2. The quantitative estimate of drug-likeness (QED) is 0.573. The van der Waals surface area contributed by atoms with E-state index in [1.807, 2.05) is 19.9 Å². The third-order valence-corrected chi connectivity index (χ3v) is 8.14. The summed E-state index contributed by atoms with van der Waals surface area (Å²) in [4.78, 5) is 2.55. The van der Waals surface area contributed by atoms with E-state index < -0.39 is 11.7 Å². The molecule has 0 spiro atoms. The van der Waals surface area contributed by atoms with Gasteiger partial charge in [0.15, 0.2) is 5.82 Å². The highest BCUT2D eigenvalue weighted by molar-refractivity contribution is 5.68. The Morgan fingerprint density at radius 1 is 1.03 bits per heavy atom. The fourth-order valence-electron chi connectivity index (χ4n) is 6.28. The fraction of sp³-hybridized carbons (Fsp3) is 0.630. The van der Waals surface area contributed by atoms with Gasteiger partial charge in [-0.3, -0.25) is 0 Å². The third-order valence-electron chi connectivity index (χ3n) is 8.14. The molecular formula is C27H35F3N4O2. The molecule has 0 bridgehead atoms. The van der Waals surface area contributed by atoms with Gasteiger partial charge in [0.25, 0.3) is 0 Å². The number of rotatable bonds is 6. The van der Waals surface area contributed by atoms with Crippen LogP contribution in [-0.4, -0.2) is 61.1 Å². The molecule has 36 heavy (non-hydrogen) atoms. The monoisotopic (exact) mass is 504 g/mol. The second-order valence-electron chi connectivity index (χ2n) is 10.7. The van der Waals surface area contributed by atoms with Gasteiger partial charge in [0.1, 0.15) is 11.3 Å².